The van der Waals surface area contributed by atoms with Crippen molar-refractivity contribution in [2.24, 2.45) is 11.5 Å². The number of hydrogen-bond acceptors (Lipinski definition) is 2. The molecule has 0 aromatic heterocycles. The third-order valence-corrected chi connectivity index (χ3v) is 3.30. The molecule has 0 spiro atoms. The van der Waals surface area contributed by atoms with Crippen molar-refractivity contribution in [1.82, 2.24) is 0 Å². The molecule has 3 nitrogen and oxygen atoms in total. The largest absolute Gasteiger partial charge is 0.416 e. The van der Waals surface area contributed by atoms with Crippen LogP contribution < -0.4 is 11.5 Å². The van der Waals surface area contributed by atoms with Crippen molar-refractivity contribution in [3.8, 4) is 11.1 Å². The molecule has 4 N–H and O–H groups in total. The summed E-state index contributed by atoms with van der Waals surface area (Å²) < 4.78 is 37.8. The van der Waals surface area contributed by atoms with Crippen LogP contribution in [-0.4, -0.2) is 5.91 Å². The molecule has 2 aromatic carbocycles. The number of carbonyl (C=O) groups is 1. The minimum absolute atomic E-state index is 0.0301. The van der Waals surface area contributed by atoms with Crippen LogP contribution in [0.15, 0.2) is 48.5 Å². The highest BCUT2D eigenvalue weighted by Crippen LogP contribution is 2.33. The molecular formula is C16H15F3N2O. The second kappa shape index (κ2) is 6.19. The van der Waals surface area contributed by atoms with E-state index in [0.29, 0.717) is 16.7 Å². The summed E-state index contributed by atoms with van der Waals surface area (Å²) in [6, 6.07) is 11.2. The average molecular weight is 308 g/mol. The third kappa shape index (κ3) is 3.65. The van der Waals surface area contributed by atoms with E-state index in [-0.39, 0.29) is 6.42 Å². The Morgan fingerprint density at radius 1 is 1.05 bits per heavy atom. The quantitative estimate of drug-likeness (QED) is 0.910. The van der Waals surface area contributed by atoms with E-state index >= 15 is 0 Å². The van der Waals surface area contributed by atoms with Crippen molar-refractivity contribution in [3.05, 3.63) is 59.7 Å². The number of alkyl halides is 3. The Labute approximate surface area is 125 Å². The van der Waals surface area contributed by atoms with Gasteiger partial charge in [-0.25, -0.2) is 0 Å². The number of rotatable bonds is 4. The van der Waals surface area contributed by atoms with E-state index in [4.69, 9.17) is 11.5 Å². The van der Waals surface area contributed by atoms with E-state index in [2.05, 4.69) is 0 Å². The number of primary amides is 1. The van der Waals surface area contributed by atoms with Gasteiger partial charge in [-0.15, -0.1) is 0 Å². The number of hydrogen-bond donors (Lipinski definition) is 2. The summed E-state index contributed by atoms with van der Waals surface area (Å²) in [6.45, 7) is 0. The SMILES string of the molecule is NC(=O)CC(N)c1ccccc1-c1ccc(C(F)(F)F)cc1. The summed E-state index contributed by atoms with van der Waals surface area (Å²) in [5.41, 5.74) is 12.3. The van der Waals surface area contributed by atoms with E-state index in [9.17, 15) is 18.0 Å². The number of carbonyl (C=O) groups excluding carboxylic acids is 1. The summed E-state index contributed by atoms with van der Waals surface area (Å²) in [6.07, 6.45) is -4.40. The van der Waals surface area contributed by atoms with Crippen LogP contribution in [-0.2, 0) is 11.0 Å². The number of nitrogens with two attached hydrogens (primary N) is 2. The molecule has 2 aromatic rings. The van der Waals surface area contributed by atoms with Gasteiger partial charge in [-0.05, 0) is 28.8 Å². The fourth-order valence-corrected chi connectivity index (χ4v) is 2.25. The van der Waals surface area contributed by atoms with Gasteiger partial charge in [0.25, 0.3) is 0 Å². The Balaban J connectivity index is 2.39. The lowest BCUT2D eigenvalue weighted by atomic mass is 9.93. The zero-order chi connectivity index (χ0) is 16.3. The molecule has 116 valence electrons. The summed E-state index contributed by atoms with van der Waals surface area (Å²) in [7, 11) is 0. The van der Waals surface area contributed by atoms with E-state index < -0.39 is 23.7 Å². The van der Waals surface area contributed by atoms with Crippen molar-refractivity contribution in [2.75, 3.05) is 0 Å². The maximum absolute atomic E-state index is 12.6. The molecule has 2 rings (SSSR count). The number of halogens is 3. The monoisotopic (exact) mass is 308 g/mol. The predicted octanol–water partition coefficient (Wildman–Crippen LogP) is 3.25. The van der Waals surface area contributed by atoms with Crippen LogP contribution in [0.5, 0.6) is 0 Å². The highest BCUT2D eigenvalue weighted by Gasteiger charge is 2.30. The molecule has 0 aliphatic rings. The number of amides is 1. The van der Waals surface area contributed by atoms with Gasteiger partial charge in [0, 0.05) is 12.5 Å². The van der Waals surface area contributed by atoms with Gasteiger partial charge in [0.15, 0.2) is 0 Å². The molecule has 1 unspecified atom stereocenters. The molecule has 0 aliphatic carbocycles. The second-order valence-electron chi connectivity index (χ2n) is 4.94. The van der Waals surface area contributed by atoms with E-state index in [1.54, 1.807) is 24.3 Å². The van der Waals surface area contributed by atoms with Crippen molar-refractivity contribution < 1.29 is 18.0 Å². The van der Waals surface area contributed by atoms with Crippen molar-refractivity contribution in [1.29, 1.82) is 0 Å². The first-order valence-electron chi connectivity index (χ1n) is 6.59. The van der Waals surface area contributed by atoms with Crippen LogP contribution in [0.4, 0.5) is 13.2 Å². The average Bonchev–Trinajstić information content (AvgIpc) is 2.46. The molecule has 0 heterocycles. The molecule has 0 aliphatic heterocycles. The van der Waals surface area contributed by atoms with Crippen molar-refractivity contribution >= 4 is 5.91 Å². The Kier molecular flexibility index (Phi) is 4.51. The molecular weight excluding hydrogens is 293 g/mol. The summed E-state index contributed by atoms with van der Waals surface area (Å²) in [4.78, 5) is 11.0. The Hall–Kier alpha value is -2.34. The molecule has 0 fully saturated rings. The minimum Gasteiger partial charge on any atom is -0.370 e. The third-order valence-electron chi connectivity index (χ3n) is 3.30. The van der Waals surface area contributed by atoms with Crippen LogP contribution in [0.2, 0.25) is 0 Å². The van der Waals surface area contributed by atoms with Gasteiger partial charge in [-0.3, -0.25) is 4.79 Å². The lowest BCUT2D eigenvalue weighted by Crippen LogP contribution is -2.21. The fraction of sp³-hybridized carbons (Fsp3) is 0.188. The predicted molar refractivity (Wildman–Crippen MR) is 77.6 cm³/mol. The molecule has 0 saturated heterocycles. The molecule has 0 bridgehead atoms. The first-order valence-corrected chi connectivity index (χ1v) is 6.59. The Morgan fingerprint density at radius 2 is 1.64 bits per heavy atom. The highest BCUT2D eigenvalue weighted by molar-refractivity contribution is 5.76. The van der Waals surface area contributed by atoms with Gasteiger partial charge < -0.3 is 11.5 Å². The van der Waals surface area contributed by atoms with Crippen LogP contribution in [0.1, 0.15) is 23.6 Å². The fourth-order valence-electron chi connectivity index (χ4n) is 2.25. The first kappa shape index (κ1) is 16.0. The van der Waals surface area contributed by atoms with Gasteiger partial charge in [0.2, 0.25) is 5.91 Å². The normalized spacial score (nSPS) is 12.9. The lowest BCUT2D eigenvalue weighted by Gasteiger charge is -2.16. The number of benzene rings is 2. The molecule has 1 amide bonds. The highest BCUT2D eigenvalue weighted by atomic mass is 19.4. The maximum atomic E-state index is 12.6. The minimum atomic E-state index is -4.37. The summed E-state index contributed by atoms with van der Waals surface area (Å²) in [5, 5.41) is 0. The zero-order valence-electron chi connectivity index (χ0n) is 11.6. The van der Waals surface area contributed by atoms with Gasteiger partial charge in [-0.2, -0.15) is 13.2 Å². The first-order chi connectivity index (χ1) is 10.3. The standard InChI is InChI=1S/C16H15F3N2O/c17-16(18,19)11-7-5-10(6-8-11)12-3-1-2-4-13(12)14(20)9-15(21)22/h1-8,14H,9,20H2,(H2,21,22). The lowest BCUT2D eigenvalue weighted by molar-refractivity contribution is -0.137. The zero-order valence-corrected chi connectivity index (χ0v) is 11.6. The van der Waals surface area contributed by atoms with Crippen LogP contribution in [0.25, 0.3) is 11.1 Å². The smallest absolute Gasteiger partial charge is 0.370 e. The van der Waals surface area contributed by atoms with Gasteiger partial charge in [-0.1, -0.05) is 36.4 Å². The molecule has 0 saturated carbocycles. The van der Waals surface area contributed by atoms with E-state index in [1.807, 2.05) is 0 Å². The van der Waals surface area contributed by atoms with Gasteiger partial charge in [0.1, 0.15) is 0 Å². The van der Waals surface area contributed by atoms with Gasteiger partial charge >= 0.3 is 6.18 Å². The van der Waals surface area contributed by atoms with Crippen LogP contribution in [0.3, 0.4) is 0 Å². The summed E-state index contributed by atoms with van der Waals surface area (Å²) in [5.74, 6) is -0.533. The molecule has 0 radical (unpaired) electrons. The molecule has 1 atom stereocenters. The molecule has 6 heteroatoms. The van der Waals surface area contributed by atoms with Crippen molar-refractivity contribution in [2.45, 2.75) is 18.6 Å². The van der Waals surface area contributed by atoms with Gasteiger partial charge in [0.05, 0.1) is 5.56 Å². The summed E-state index contributed by atoms with van der Waals surface area (Å²) >= 11 is 0. The van der Waals surface area contributed by atoms with Crippen LogP contribution >= 0.6 is 0 Å². The van der Waals surface area contributed by atoms with Crippen LogP contribution in [0, 0.1) is 0 Å². The van der Waals surface area contributed by atoms with E-state index in [1.165, 1.54) is 12.1 Å². The maximum Gasteiger partial charge on any atom is 0.416 e. The topological polar surface area (TPSA) is 69.1 Å². The Morgan fingerprint density at radius 3 is 2.18 bits per heavy atom. The van der Waals surface area contributed by atoms with E-state index in [0.717, 1.165) is 12.1 Å². The molecule has 22 heavy (non-hydrogen) atoms. The Bertz CT molecular complexity index is 666. The second-order valence-corrected chi connectivity index (χ2v) is 4.94. The van der Waals surface area contributed by atoms with Crippen molar-refractivity contribution in [3.63, 3.8) is 0 Å².